The summed E-state index contributed by atoms with van der Waals surface area (Å²) < 4.78 is 0. The van der Waals surface area contributed by atoms with Crippen LogP contribution in [0.1, 0.15) is 31.9 Å². The Labute approximate surface area is 109 Å². The molecule has 2 atom stereocenters. The van der Waals surface area contributed by atoms with Gasteiger partial charge in [-0.25, -0.2) is 0 Å². The molecular formula is C15H23NO2. The molecule has 0 aliphatic carbocycles. The normalized spacial score (nSPS) is 14.5. The van der Waals surface area contributed by atoms with E-state index in [-0.39, 0.29) is 17.9 Å². The number of rotatable bonds is 6. The smallest absolute Gasteiger partial charge is 0.308 e. The average Bonchev–Trinajstić information content (AvgIpc) is 2.27. The maximum absolute atomic E-state index is 11.2. The number of carboxylic acid groups (broad SMARTS) is 1. The Morgan fingerprint density at radius 1 is 1.28 bits per heavy atom. The van der Waals surface area contributed by atoms with Gasteiger partial charge in [-0.3, -0.25) is 4.79 Å². The highest BCUT2D eigenvalue weighted by molar-refractivity contribution is 5.71. The number of hydrogen-bond donors (Lipinski definition) is 2. The van der Waals surface area contributed by atoms with Gasteiger partial charge in [0.25, 0.3) is 0 Å². The standard InChI is InChI=1S/C15H23NO2/c1-10(2)14(15(17)18)12(4)16-9-13-8-6-5-7-11(13)3/h5-8,10,12,14,16H,9H2,1-4H3,(H,17,18). The molecule has 2 unspecified atom stereocenters. The van der Waals surface area contributed by atoms with E-state index < -0.39 is 5.97 Å². The number of nitrogens with one attached hydrogen (secondary N) is 1. The second kappa shape index (κ2) is 6.55. The second-order valence-electron chi connectivity index (χ2n) is 5.20. The summed E-state index contributed by atoms with van der Waals surface area (Å²) in [5.41, 5.74) is 2.45. The van der Waals surface area contributed by atoms with Crippen molar-refractivity contribution in [2.45, 2.75) is 40.3 Å². The molecule has 0 aliphatic heterocycles. The molecule has 1 rings (SSSR count). The van der Waals surface area contributed by atoms with Gasteiger partial charge in [0.2, 0.25) is 0 Å². The highest BCUT2D eigenvalue weighted by Gasteiger charge is 2.27. The number of carboxylic acids is 1. The van der Waals surface area contributed by atoms with Gasteiger partial charge in [-0.05, 0) is 30.9 Å². The molecule has 18 heavy (non-hydrogen) atoms. The first-order valence-corrected chi connectivity index (χ1v) is 6.44. The van der Waals surface area contributed by atoms with Gasteiger partial charge in [-0.1, -0.05) is 38.1 Å². The lowest BCUT2D eigenvalue weighted by molar-refractivity contribution is -0.144. The third-order valence-corrected chi connectivity index (χ3v) is 3.42. The van der Waals surface area contributed by atoms with Crippen LogP contribution in [0.2, 0.25) is 0 Å². The van der Waals surface area contributed by atoms with Gasteiger partial charge in [-0.2, -0.15) is 0 Å². The van der Waals surface area contributed by atoms with E-state index in [0.717, 1.165) is 0 Å². The van der Waals surface area contributed by atoms with Gasteiger partial charge in [0.1, 0.15) is 0 Å². The Bertz CT molecular complexity index is 401. The summed E-state index contributed by atoms with van der Waals surface area (Å²) in [7, 11) is 0. The van der Waals surface area contributed by atoms with E-state index in [0.29, 0.717) is 6.54 Å². The number of benzene rings is 1. The van der Waals surface area contributed by atoms with E-state index in [4.69, 9.17) is 0 Å². The Morgan fingerprint density at radius 2 is 1.89 bits per heavy atom. The zero-order valence-corrected chi connectivity index (χ0v) is 11.6. The van der Waals surface area contributed by atoms with E-state index in [1.807, 2.05) is 32.9 Å². The van der Waals surface area contributed by atoms with Crippen LogP contribution in [0.15, 0.2) is 24.3 Å². The maximum Gasteiger partial charge on any atom is 0.308 e. The third kappa shape index (κ3) is 3.84. The Balaban J connectivity index is 2.62. The van der Waals surface area contributed by atoms with Crippen LogP contribution in [0.3, 0.4) is 0 Å². The van der Waals surface area contributed by atoms with Crippen LogP contribution in [0.4, 0.5) is 0 Å². The van der Waals surface area contributed by atoms with Gasteiger partial charge in [0.05, 0.1) is 5.92 Å². The molecule has 0 amide bonds. The lowest BCUT2D eigenvalue weighted by Gasteiger charge is -2.24. The van der Waals surface area contributed by atoms with Crippen molar-refractivity contribution in [2.24, 2.45) is 11.8 Å². The second-order valence-corrected chi connectivity index (χ2v) is 5.20. The first kappa shape index (κ1) is 14.7. The van der Waals surface area contributed by atoms with Crippen LogP contribution < -0.4 is 5.32 Å². The third-order valence-electron chi connectivity index (χ3n) is 3.42. The van der Waals surface area contributed by atoms with E-state index in [1.165, 1.54) is 11.1 Å². The van der Waals surface area contributed by atoms with Crippen LogP contribution in [0, 0.1) is 18.8 Å². The Morgan fingerprint density at radius 3 is 2.39 bits per heavy atom. The Hall–Kier alpha value is -1.35. The summed E-state index contributed by atoms with van der Waals surface area (Å²) >= 11 is 0. The van der Waals surface area contributed by atoms with Crippen molar-refractivity contribution < 1.29 is 9.90 Å². The zero-order valence-electron chi connectivity index (χ0n) is 11.6. The van der Waals surface area contributed by atoms with Gasteiger partial charge in [0, 0.05) is 12.6 Å². The van der Waals surface area contributed by atoms with E-state index in [2.05, 4.69) is 24.4 Å². The van der Waals surface area contributed by atoms with Crippen molar-refractivity contribution in [3.05, 3.63) is 35.4 Å². The summed E-state index contributed by atoms with van der Waals surface area (Å²) in [5, 5.41) is 12.5. The van der Waals surface area contributed by atoms with Crippen molar-refractivity contribution in [3.63, 3.8) is 0 Å². The Kier molecular flexibility index (Phi) is 5.35. The zero-order chi connectivity index (χ0) is 13.7. The summed E-state index contributed by atoms with van der Waals surface area (Å²) in [6.45, 7) is 8.62. The highest BCUT2D eigenvalue weighted by Crippen LogP contribution is 2.16. The summed E-state index contributed by atoms with van der Waals surface area (Å²) in [4.78, 5) is 11.2. The monoisotopic (exact) mass is 249 g/mol. The van der Waals surface area contributed by atoms with E-state index >= 15 is 0 Å². The molecule has 100 valence electrons. The predicted octanol–water partition coefficient (Wildman–Crippen LogP) is 2.83. The predicted molar refractivity (Wildman–Crippen MR) is 73.4 cm³/mol. The molecule has 0 bridgehead atoms. The summed E-state index contributed by atoms with van der Waals surface area (Å²) in [6.07, 6.45) is 0. The molecule has 3 heteroatoms. The molecule has 1 aromatic rings. The molecule has 2 N–H and O–H groups in total. The van der Waals surface area contributed by atoms with E-state index in [9.17, 15) is 9.90 Å². The molecule has 0 saturated heterocycles. The first-order chi connectivity index (χ1) is 8.43. The van der Waals surface area contributed by atoms with Gasteiger partial charge in [0.15, 0.2) is 0 Å². The van der Waals surface area contributed by atoms with Crippen molar-refractivity contribution in [1.29, 1.82) is 0 Å². The van der Waals surface area contributed by atoms with Crippen LogP contribution in [0.5, 0.6) is 0 Å². The minimum atomic E-state index is -0.727. The summed E-state index contributed by atoms with van der Waals surface area (Å²) in [6, 6.07) is 8.11. The fourth-order valence-electron chi connectivity index (χ4n) is 2.28. The lowest BCUT2D eigenvalue weighted by atomic mass is 9.89. The van der Waals surface area contributed by atoms with Crippen molar-refractivity contribution in [3.8, 4) is 0 Å². The molecule has 0 aromatic heterocycles. The minimum absolute atomic E-state index is 0.0397. The van der Waals surface area contributed by atoms with Crippen LogP contribution in [-0.2, 0) is 11.3 Å². The molecule has 0 heterocycles. The molecule has 0 fully saturated rings. The van der Waals surface area contributed by atoms with Crippen molar-refractivity contribution >= 4 is 5.97 Å². The quantitative estimate of drug-likeness (QED) is 0.815. The average molecular weight is 249 g/mol. The molecule has 0 spiro atoms. The van der Waals surface area contributed by atoms with Gasteiger partial charge < -0.3 is 10.4 Å². The summed E-state index contributed by atoms with van der Waals surface area (Å²) in [5.74, 6) is -0.953. The SMILES string of the molecule is Cc1ccccc1CNC(C)C(C(=O)O)C(C)C. The topological polar surface area (TPSA) is 49.3 Å². The van der Waals surface area contributed by atoms with Crippen molar-refractivity contribution in [2.75, 3.05) is 0 Å². The highest BCUT2D eigenvalue weighted by atomic mass is 16.4. The van der Waals surface area contributed by atoms with Crippen LogP contribution in [0.25, 0.3) is 0 Å². The molecular weight excluding hydrogens is 226 g/mol. The van der Waals surface area contributed by atoms with Crippen molar-refractivity contribution in [1.82, 2.24) is 5.32 Å². The number of aryl methyl sites for hydroxylation is 1. The van der Waals surface area contributed by atoms with Crippen LogP contribution >= 0.6 is 0 Å². The lowest BCUT2D eigenvalue weighted by Crippen LogP contribution is -2.40. The van der Waals surface area contributed by atoms with E-state index in [1.54, 1.807) is 0 Å². The van der Waals surface area contributed by atoms with Crippen LogP contribution in [-0.4, -0.2) is 17.1 Å². The molecule has 0 radical (unpaired) electrons. The first-order valence-electron chi connectivity index (χ1n) is 6.44. The van der Waals surface area contributed by atoms with Gasteiger partial charge >= 0.3 is 5.97 Å². The molecule has 3 nitrogen and oxygen atoms in total. The number of carbonyl (C=O) groups is 1. The fourth-order valence-corrected chi connectivity index (χ4v) is 2.28. The molecule has 1 aromatic carbocycles. The molecule has 0 aliphatic rings. The largest absolute Gasteiger partial charge is 0.481 e. The van der Waals surface area contributed by atoms with Gasteiger partial charge in [-0.15, -0.1) is 0 Å². The minimum Gasteiger partial charge on any atom is -0.481 e. The fraction of sp³-hybridized carbons (Fsp3) is 0.533. The molecule has 0 saturated carbocycles. The maximum atomic E-state index is 11.2. The number of aliphatic carboxylic acids is 1. The number of hydrogen-bond acceptors (Lipinski definition) is 2.